The Balaban J connectivity index is 1.26. The lowest BCUT2D eigenvalue weighted by Gasteiger charge is -2.32. The summed E-state index contributed by atoms with van der Waals surface area (Å²) >= 11 is 0. The van der Waals surface area contributed by atoms with Crippen molar-refractivity contribution in [1.82, 2.24) is 9.88 Å². The summed E-state index contributed by atoms with van der Waals surface area (Å²) in [5.74, 6) is -1.39. The number of carboxylic acid groups (broad SMARTS) is 1. The number of nitrogens with one attached hydrogen (secondary N) is 1. The first kappa shape index (κ1) is 22.6. The van der Waals surface area contributed by atoms with Gasteiger partial charge in [0.15, 0.2) is 0 Å². The number of benzene rings is 2. The molecular weight excluding hydrogens is 446 g/mol. The number of hydrogen-bond acceptors (Lipinski definition) is 5. The second-order valence-corrected chi connectivity index (χ2v) is 8.71. The van der Waals surface area contributed by atoms with Crippen molar-refractivity contribution >= 4 is 23.8 Å². The van der Waals surface area contributed by atoms with E-state index in [4.69, 9.17) is 4.74 Å². The smallest absolute Gasteiger partial charge is 0.412 e. The van der Waals surface area contributed by atoms with Gasteiger partial charge in [0.1, 0.15) is 24.2 Å². The predicted octanol–water partition coefficient (Wildman–Crippen LogP) is 4.52. The van der Waals surface area contributed by atoms with Crippen LogP contribution in [0, 0.1) is 0 Å². The molecule has 35 heavy (non-hydrogen) atoms. The molecule has 2 aliphatic rings. The van der Waals surface area contributed by atoms with Gasteiger partial charge in [-0.2, -0.15) is 0 Å². The minimum Gasteiger partial charge on any atom is -0.480 e. The SMILES string of the molecule is O=C(Nc1cccc(C(=O)N2CCCC[C@H]2C(=O)O)n1)OCC1c2ccccc2-c2ccccc21. The van der Waals surface area contributed by atoms with E-state index >= 15 is 0 Å². The summed E-state index contributed by atoms with van der Waals surface area (Å²) in [6, 6.07) is 20.0. The second kappa shape index (κ2) is 9.58. The molecule has 1 aliphatic heterocycles. The summed E-state index contributed by atoms with van der Waals surface area (Å²) in [7, 11) is 0. The van der Waals surface area contributed by atoms with Crippen molar-refractivity contribution in [2.24, 2.45) is 0 Å². The molecule has 1 aromatic heterocycles. The Bertz CT molecular complexity index is 1250. The van der Waals surface area contributed by atoms with Crippen LogP contribution in [0.15, 0.2) is 66.7 Å². The number of carbonyl (C=O) groups excluding carboxylic acids is 2. The Morgan fingerprint density at radius 3 is 2.31 bits per heavy atom. The van der Waals surface area contributed by atoms with Gasteiger partial charge in [0, 0.05) is 12.5 Å². The van der Waals surface area contributed by atoms with E-state index in [1.807, 2.05) is 36.4 Å². The number of anilines is 1. The molecule has 2 aromatic carbocycles. The quantitative estimate of drug-likeness (QED) is 0.566. The largest absolute Gasteiger partial charge is 0.480 e. The highest BCUT2D eigenvalue weighted by Gasteiger charge is 2.33. The number of aromatic nitrogens is 1. The average Bonchev–Trinajstić information content (AvgIpc) is 3.21. The van der Waals surface area contributed by atoms with Crippen molar-refractivity contribution < 1.29 is 24.2 Å². The van der Waals surface area contributed by atoms with Crippen LogP contribution in [0.1, 0.15) is 46.8 Å². The summed E-state index contributed by atoms with van der Waals surface area (Å²) in [6.07, 6.45) is 1.24. The molecule has 2 amide bonds. The highest BCUT2D eigenvalue weighted by molar-refractivity contribution is 5.96. The maximum Gasteiger partial charge on any atom is 0.412 e. The Hall–Kier alpha value is -4.20. The van der Waals surface area contributed by atoms with Crippen LogP contribution in [-0.4, -0.2) is 52.2 Å². The van der Waals surface area contributed by atoms with Gasteiger partial charge in [-0.1, -0.05) is 54.6 Å². The van der Waals surface area contributed by atoms with Gasteiger partial charge in [-0.05, 0) is 53.6 Å². The van der Waals surface area contributed by atoms with Crippen LogP contribution >= 0.6 is 0 Å². The first-order chi connectivity index (χ1) is 17.0. The van der Waals surface area contributed by atoms with Crippen molar-refractivity contribution in [3.63, 3.8) is 0 Å². The molecule has 0 saturated carbocycles. The van der Waals surface area contributed by atoms with Gasteiger partial charge in [0.25, 0.3) is 5.91 Å². The molecule has 0 radical (unpaired) electrons. The third-order valence-corrected chi connectivity index (χ3v) is 6.59. The summed E-state index contributed by atoms with van der Waals surface area (Å²) in [4.78, 5) is 42.6. The molecular formula is C27H25N3O5. The van der Waals surface area contributed by atoms with Crippen LogP contribution in [0.4, 0.5) is 10.6 Å². The summed E-state index contributed by atoms with van der Waals surface area (Å²) in [5, 5.41) is 12.0. The number of rotatable bonds is 5. The van der Waals surface area contributed by atoms with Gasteiger partial charge < -0.3 is 14.7 Å². The molecule has 2 N–H and O–H groups in total. The molecule has 8 heteroatoms. The average molecular weight is 472 g/mol. The number of hydrogen-bond donors (Lipinski definition) is 2. The van der Waals surface area contributed by atoms with Crippen molar-refractivity contribution in [1.29, 1.82) is 0 Å². The first-order valence-electron chi connectivity index (χ1n) is 11.7. The van der Waals surface area contributed by atoms with Crippen LogP contribution in [0.5, 0.6) is 0 Å². The molecule has 1 atom stereocenters. The number of amides is 2. The third kappa shape index (κ3) is 4.47. The van der Waals surface area contributed by atoms with Gasteiger partial charge in [-0.25, -0.2) is 14.6 Å². The maximum atomic E-state index is 12.9. The Labute approximate surface area is 202 Å². The fourth-order valence-electron chi connectivity index (χ4n) is 4.94. The molecule has 3 aromatic rings. The van der Waals surface area contributed by atoms with Crippen molar-refractivity contribution in [2.75, 3.05) is 18.5 Å². The molecule has 0 unspecified atom stereocenters. The van der Waals surface area contributed by atoms with Gasteiger partial charge in [-0.15, -0.1) is 0 Å². The van der Waals surface area contributed by atoms with Gasteiger partial charge in [0.05, 0.1) is 0 Å². The fraction of sp³-hybridized carbons (Fsp3) is 0.259. The van der Waals surface area contributed by atoms with Crippen molar-refractivity contribution in [3.8, 4) is 11.1 Å². The van der Waals surface area contributed by atoms with E-state index in [-0.39, 0.29) is 24.0 Å². The summed E-state index contributed by atoms with van der Waals surface area (Å²) in [5.41, 5.74) is 4.59. The van der Waals surface area contributed by atoms with E-state index in [1.54, 1.807) is 12.1 Å². The number of likely N-dealkylation sites (tertiary alicyclic amines) is 1. The Kier molecular flexibility index (Phi) is 6.18. The molecule has 8 nitrogen and oxygen atoms in total. The van der Waals surface area contributed by atoms with Crippen LogP contribution < -0.4 is 5.32 Å². The van der Waals surface area contributed by atoms with Crippen molar-refractivity contribution in [3.05, 3.63) is 83.6 Å². The number of ether oxygens (including phenoxy) is 1. The molecule has 2 heterocycles. The third-order valence-electron chi connectivity index (χ3n) is 6.59. The standard InChI is InChI=1S/C27H25N3O5/c31-25(30-15-6-5-13-23(30)26(32)33)22-12-7-14-24(28-22)29-27(34)35-16-21-19-10-3-1-8-17(19)18-9-2-4-11-20(18)21/h1-4,7-12,14,21,23H,5-6,13,15-16H2,(H,32,33)(H,28,29,34)/t23-/m0/s1. The zero-order valence-electron chi connectivity index (χ0n) is 19.0. The highest BCUT2D eigenvalue weighted by Crippen LogP contribution is 2.44. The van der Waals surface area contributed by atoms with Gasteiger partial charge in [-0.3, -0.25) is 10.1 Å². The number of pyridine rings is 1. The van der Waals surface area contributed by atoms with E-state index in [1.165, 1.54) is 11.0 Å². The van der Waals surface area contributed by atoms with Crippen LogP contribution in [-0.2, 0) is 9.53 Å². The number of piperidine rings is 1. The number of aliphatic carboxylic acids is 1. The highest BCUT2D eigenvalue weighted by atomic mass is 16.5. The summed E-state index contributed by atoms with van der Waals surface area (Å²) in [6.45, 7) is 0.522. The van der Waals surface area contributed by atoms with Gasteiger partial charge >= 0.3 is 12.1 Å². The predicted molar refractivity (Wildman–Crippen MR) is 129 cm³/mol. The normalized spacial score (nSPS) is 16.8. The molecule has 0 bridgehead atoms. The van der Waals surface area contributed by atoms with E-state index in [2.05, 4.69) is 22.4 Å². The topological polar surface area (TPSA) is 109 Å². The van der Waals surface area contributed by atoms with E-state index in [0.29, 0.717) is 13.0 Å². The number of carbonyl (C=O) groups is 3. The lowest BCUT2D eigenvalue weighted by atomic mass is 9.98. The molecule has 1 saturated heterocycles. The lowest BCUT2D eigenvalue weighted by molar-refractivity contribution is -0.143. The van der Waals surface area contributed by atoms with Crippen LogP contribution in [0.25, 0.3) is 11.1 Å². The van der Waals surface area contributed by atoms with E-state index < -0.39 is 24.0 Å². The van der Waals surface area contributed by atoms with Gasteiger partial charge in [0.2, 0.25) is 0 Å². The zero-order chi connectivity index (χ0) is 24.4. The number of carboxylic acids is 1. The minimum atomic E-state index is -1.02. The molecule has 178 valence electrons. The van der Waals surface area contributed by atoms with Crippen LogP contribution in [0.3, 0.4) is 0 Å². The minimum absolute atomic E-state index is 0.0684. The van der Waals surface area contributed by atoms with Crippen LogP contribution in [0.2, 0.25) is 0 Å². The lowest BCUT2D eigenvalue weighted by Crippen LogP contribution is -2.48. The monoisotopic (exact) mass is 471 g/mol. The second-order valence-electron chi connectivity index (χ2n) is 8.71. The van der Waals surface area contributed by atoms with Crippen molar-refractivity contribution in [2.45, 2.75) is 31.2 Å². The fourth-order valence-corrected chi connectivity index (χ4v) is 4.94. The summed E-state index contributed by atoms with van der Waals surface area (Å²) < 4.78 is 5.55. The number of nitrogens with zero attached hydrogens (tertiary/aromatic N) is 2. The van der Waals surface area contributed by atoms with E-state index in [0.717, 1.165) is 35.1 Å². The first-order valence-corrected chi connectivity index (χ1v) is 11.7. The Morgan fingerprint density at radius 2 is 1.63 bits per heavy atom. The molecule has 5 rings (SSSR count). The maximum absolute atomic E-state index is 12.9. The van der Waals surface area contributed by atoms with E-state index in [9.17, 15) is 19.5 Å². The zero-order valence-corrected chi connectivity index (χ0v) is 19.0. The number of fused-ring (bicyclic) bond motifs is 3. The Morgan fingerprint density at radius 1 is 0.943 bits per heavy atom. The molecule has 1 fully saturated rings. The molecule has 0 spiro atoms. The molecule has 1 aliphatic carbocycles.